The molecule has 7 nitrogen and oxygen atoms in total. The van der Waals surface area contributed by atoms with Crippen LogP contribution in [0, 0.1) is 17.7 Å². The lowest BCUT2D eigenvalue weighted by Gasteiger charge is -2.25. The fourth-order valence-electron chi connectivity index (χ4n) is 4.23. The number of methoxy groups -OCH3 is 1. The Labute approximate surface area is 213 Å². The van der Waals surface area contributed by atoms with Gasteiger partial charge in [0.05, 0.1) is 18.4 Å². The van der Waals surface area contributed by atoms with Crippen molar-refractivity contribution in [3.8, 4) is 16.3 Å². The molecule has 4 rings (SSSR count). The van der Waals surface area contributed by atoms with Crippen LogP contribution in [0.2, 0.25) is 0 Å². The molecule has 2 N–H and O–H groups in total. The summed E-state index contributed by atoms with van der Waals surface area (Å²) in [5, 5.41) is 10.8. The predicted octanol–water partition coefficient (Wildman–Crippen LogP) is 6.30. The van der Waals surface area contributed by atoms with Crippen LogP contribution in [0.15, 0.2) is 52.9 Å². The largest absolute Gasteiger partial charge is 0.495 e. The summed E-state index contributed by atoms with van der Waals surface area (Å²) < 4.78 is 47.3. The fraction of sp³-hybridized carbons (Fsp3) is 0.308. The third kappa shape index (κ3) is 5.44. The molecule has 3 aromatic rings. The van der Waals surface area contributed by atoms with Gasteiger partial charge in [0.15, 0.2) is 5.03 Å². The number of halogens is 1. The number of carbonyl (C=O) groups is 1. The average Bonchev–Trinajstić information content (AvgIpc) is 3.35. The van der Waals surface area contributed by atoms with Crippen molar-refractivity contribution >= 4 is 38.6 Å². The molecule has 1 aliphatic rings. The second kappa shape index (κ2) is 10.4. The van der Waals surface area contributed by atoms with Gasteiger partial charge in [0.1, 0.15) is 16.6 Å². The number of nitrogens with zero attached hydrogens (tertiary/aromatic N) is 1. The van der Waals surface area contributed by atoms with E-state index in [2.05, 4.69) is 29.6 Å². The van der Waals surface area contributed by atoms with E-state index in [-0.39, 0.29) is 16.5 Å². The van der Waals surface area contributed by atoms with Crippen LogP contribution in [-0.2, 0) is 10.0 Å². The number of nitrogens with one attached hydrogen (secondary N) is 1. The van der Waals surface area contributed by atoms with Crippen LogP contribution in [0.4, 0.5) is 10.1 Å². The van der Waals surface area contributed by atoms with Crippen molar-refractivity contribution in [2.45, 2.75) is 38.1 Å². The minimum atomic E-state index is -4.17. The lowest BCUT2D eigenvalue weighted by atomic mass is 9.81. The molecular weight excluding hydrogens is 503 g/mol. The number of sulfonamides is 1. The zero-order valence-electron chi connectivity index (χ0n) is 20.1. The minimum Gasteiger partial charge on any atom is -0.495 e. The molecule has 1 unspecified atom stereocenters. The number of ether oxygens (including phenoxy) is 1. The smallest absolute Gasteiger partial charge is 0.338 e. The van der Waals surface area contributed by atoms with Crippen LogP contribution in [0.1, 0.15) is 49.0 Å². The van der Waals surface area contributed by atoms with Crippen molar-refractivity contribution in [3.05, 3.63) is 64.8 Å². The van der Waals surface area contributed by atoms with E-state index in [1.807, 2.05) is 24.3 Å². The maximum Gasteiger partial charge on any atom is 0.338 e. The molecule has 10 heteroatoms. The number of allylic oxidation sites excluding steroid dienone is 2. The number of hydrogen-bond acceptors (Lipinski definition) is 6. The molecule has 1 heterocycles. The number of thiazole rings is 1. The number of anilines is 1. The summed E-state index contributed by atoms with van der Waals surface area (Å²) in [4.78, 5) is 15.4. The summed E-state index contributed by atoms with van der Waals surface area (Å²) in [6.45, 7) is 4.53. The quantitative estimate of drug-likeness (QED) is 0.354. The summed E-state index contributed by atoms with van der Waals surface area (Å²) in [5.41, 5.74) is 2.43. The normalized spacial score (nSPS) is 16.0. The SMILES string of the molecule is COc1cc(C(=O)O)c(F)cc1NS(=O)(=O)c1csc(-c2ccc(C3=CCC(C(C)C)CC3)cc2)n1. The zero-order chi connectivity index (χ0) is 26.0. The molecule has 0 spiro atoms. The molecule has 0 bridgehead atoms. The molecule has 0 saturated heterocycles. The van der Waals surface area contributed by atoms with E-state index in [9.17, 15) is 17.6 Å². The van der Waals surface area contributed by atoms with Gasteiger partial charge in [0.2, 0.25) is 0 Å². The van der Waals surface area contributed by atoms with Gasteiger partial charge in [0, 0.05) is 17.0 Å². The first kappa shape index (κ1) is 25.8. The third-order valence-electron chi connectivity index (χ3n) is 6.42. The van der Waals surface area contributed by atoms with Gasteiger partial charge in [-0.3, -0.25) is 4.72 Å². The molecule has 2 aromatic carbocycles. The first-order valence-electron chi connectivity index (χ1n) is 11.5. The first-order chi connectivity index (χ1) is 17.1. The van der Waals surface area contributed by atoms with Crippen LogP contribution >= 0.6 is 11.3 Å². The highest BCUT2D eigenvalue weighted by Crippen LogP contribution is 2.35. The Morgan fingerprint density at radius 3 is 2.50 bits per heavy atom. The molecule has 0 radical (unpaired) electrons. The topological polar surface area (TPSA) is 106 Å². The van der Waals surface area contributed by atoms with Crippen molar-refractivity contribution in [1.82, 2.24) is 4.98 Å². The predicted molar refractivity (Wildman–Crippen MR) is 138 cm³/mol. The summed E-state index contributed by atoms with van der Waals surface area (Å²) in [6, 6.07) is 9.61. The van der Waals surface area contributed by atoms with Crippen LogP contribution in [0.3, 0.4) is 0 Å². The van der Waals surface area contributed by atoms with E-state index in [0.717, 1.165) is 42.0 Å². The van der Waals surface area contributed by atoms with Crippen LogP contribution in [0.5, 0.6) is 5.75 Å². The second-order valence-electron chi connectivity index (χ2n) is 9.02. The van der Waals surface area contributed by atoms with E-state index in [1.54, 1.807) is 0 Å². The average molecular weight is 531 g/mol. The minimum absolute atomic E-state index is 0.125. The Bertz CT molecular complexity index is 1410. The van der Waals surface area contributed by atoms with Crippen molar-refractivity contribution in [3.63, 3.8) is 0 Å². The third-order valence-corrected chi connectivity index (χ3v) is 8.71. The van der Waals surface area contributed by atoms with Gasteiger partial charge in [-0.25, -0.2) is 14.2 Å². The monoisotopic (exact) mass is 530 g/mol. The Morgan fingerprint density at radius 1 is 1.22 bits per heavy atom. The van der Waals surface area contributed by atoms with Crippen LogP contribution in [-0.4, -0.2) is 31.6 Å². The summed E-state index contributed by atoms with van der Waals surface area (Å²) >= 11 is 1.18. The molecule has 0 aliphatic heterocycles. The van der Waals surface area contributed by atoms with Crippen molar-refractivity contribution in [2.24, 2.45) is 11.8 Å². The van der Waals surface area contributed by atoms with E-state index in [0.29, 0.717) is 10.9 Å². The van der Waals surface area contributed by atoms with Crippen molar-refractivity contribution in [1.29, 1.82) is 0 Å². The van der Waals surface area contributed by atoms with Gasteiger partial charge in [-0.1, -0.05) is 44.2 Å². The highest BCUT2D eigenvalue weighted by molar-refractivity contribution is 7.92. The maximum atomic E-state index is 14.2. The number of aromatic carboxylic acids is 1. The van der Waals surface area contributed by atoms with Gasteiger partial charge in [-0.15, -0.1) is 11.3 Å². The highest BCUT2D eigenvalue weighted by Gasteiger charge is 2.23. The molecule has 36 heavy (non-hydrogen) atoms. The molecule has 0 saturated carbocycles. The lowest BCUT2D eigenvalue weighted by molar-refractivity contribution is 0.0691. The van der Waals surface area contributed by atoms with Crippen molar-refractivity contribution in [2.75, 3.05) is 11.8 Å². The summed E-state index contributed by atoms with van der Waals surface area (Å²) in [7, 11) is -2.95. The number of hydrogen-bond donors (Lipinski definition) is 2. The van der Waals surface area contributed by atoms with E-state index >= 15 is 0 Å². The molecule has 1 aromatic heterocycles. The highest BCUT2D eigenvalue weighted by atomic mass is 32.2. The molecule has 1 aliphatic carbocycles. The van der Waals surface area contributed by atoms with Gasteiger partial charge >= 0.3 is 5.97 Å². The molecular formula is C26H27FN2O5S2. The fourth-order valence-corrected chi connectivity index (χ4v) is 6.39. The standard InChI is InChI=1S/C26H27FN2O5S2/c1-15(2)16-4-6-17(7-5-16)18-8-10-19(11-9-18)25-28-24(14-35-25)36(32,33)29-22-13-21(27)20(26(30)31)12-23(22)34-3/h6,8-16,29H,4-5,7H2,1-3H3,(H,30,31). The number of rotatable bonds is 8. The van der Waals surface area contributed by atoms with Gasteiger partial charge in [0.25, 0.3) is 10.0 Å². The molecule has 0 fully saturated rings. The van der Waals surface area contributed by atoms with Crippen molar-refractivity contribution < 1.29 is 27.4 Å². The van der Waals surface area contributed by atoms with Gasteiger partial charge < -0.3 is 9.84 Å². The summed E-state index contributed by atoms with van der Waals surface area (Å²) in [5.74, 6) is -1.30. The molecule has 1 atom stereocenters. The van der Waals surface area contributed by atoms with Gasteiger partial charge in [-0.05, 0) is 48.3 Å². The van der Waals surface area contributed by atoms with Gasteiger partial charge in [-0.2, -0.15) is 8.42 Å². The van der Waals surface area contributed by atoms with Crippen LogP contribution < -0.4 is 9.46 Å². The number of aromatic nitrogens is 1. The van der Waals surface area contributed by atoms with E-state index < -0.39 is 27.4 Å². The zero-order valence-corrected chi connectivity index (χ0v) is 21.7. The maximum absolute atomic E-state index is 14.2. The lowest BCUT2D eigenvalue weighted by Crippen LogP contribution is -2.15. The Kier molecular flexibility index (Phi) is 7.46. The number of benzene rings is 2. The van der Waals surface area contributed by atoms with Crippen LogP contribution in [0.25, 0.3) is 16.1 Å². The number of carboxylic acid groups (broad SMARTS) is 1. The molecule has 190 valence electrons. The second-order valence-corrected chi connectivity index (χ2v) is 11.5. The molecule has 0 amide bonds. The Balaban J connectivity index is 1.53. The Morgan fingerprint density at radius 2 is 1.92 bits per heavy atom. The van der Waals surface area contributed by atoms with E-state index in [4.69, 9.17) is 9.84 Å². The number of carboxylic acids is 1. The van der Waals surface area contributed by atoms with E-state index in [1.165, 1.54) is 35.8 Å². The first-order valence-corrected chi connectivity index (χ1v) is 13.8. The summed E-state index contributed by atoms with van der Waals surface area (Å²) in [6.07, 6.45) is 5.64. The Hall–Kier alpha value is -3.24.